The van der Waals surface area contributed by atoms with E-state index in [1.807, 2.05) is 0 Å². The Morgan fingerprint density at radius 2 is 1.58 bits per heavy atom. The lowest BCUT2D eigenvalue weighted by atomic mass is 9.94. The Balaban J connectivity index is 2.88. The van der Waals surface area contributed by atoms with Crippen LogP contribution in [0.5, 0.6) is 0 Å². The van der Waals surface area contributed by atoms with Crippen molar-refractivity contribution in [2.75, 3.05) is 22.4 Å². The SMILES string of the molecule is CSC/C(=C\N(Nc1c(C)cccc1C)c1c(F)c(F)c(F)c(F)c1F)C(N)(C=O)C(=O)O. The Labute approximate surface area is 190 Å². The summed E-state index contributed by atoms with van der Waals surface area (Å²) in [5.41, 5.74) is 5.17. The standard InChI is InChI=1S/C21H20F5N3O3S/c1-10-5-4-6-11(2)18(10)28-29(7-12(8-33-3)21(27,9-30)20(31)32)19-16(25)14(23)13(22)15(24)17(19)26/h4-7,9,28H,8,27H2,1-3H3,(H,31,32)/b12-7+. The van der Waals surface area contributed by atoms with Crippen molar-refractivity contribution in [3.8, 4) is 0 Å². The molecule has 12 heteroatoms. The largest absolute Gasteiger partial charge is 0.479 e. The zero-order valence-electron chi connectivity index (χ0n) is 17.7. The maximum atomic E-state index is 14.7. The van der Waals surface area contributed by atoms with Gasteiger partial charge in [0.25, 0.3) is 0 Å². The van der Waals surface area contributed by atoms with Crippen LogP contribution >= 0.6 is 11.8 Å². The van der Waals surface area contributed by atoms with E-state index in [2.05, 4.69) is 5.43 Å². The molecule has 0 aliphatic carbocycles. The van der Waals surface area contributed by atoms with Crippen molar-refractivity contribution < 1.29 is 36.6 Å². The van der Waals surface area contributed by atoms with Gasteiger partial charge in [-0.1, -0.05) is 18.2 Å². The Morgan fingerprint density at radius 1 is 1.09 bits per heavy atom. The highest BCUT2D eigenvalue weighted by Crippen LogP contribution is 2.33. The number of carboxylic acids is 1. The number of thioether (sulfide) groups is 1. The molecule has 0 saturated carbocycles. The van der Waals surface area contributed by atoms with Crippen LogP contribution in [0.15, 0.2) is 30.0 Å². The number of nitrogens with zero attached hydrogens (tertiary/aromatic N) is 1. The number of aliphatic carboxylic acids is 1. The van der Waals surface area contributed by atoms with Crippen molar-refractivity contribution in [3.05, 3.63) is 70.2 Å². The normalized spacial score (nSPS) is 13.4. The molecule has 6 nitrogen and oxygen atoms in total. The molecular weight excluding hydrogens is 469 g/mol. The number of rotatable bonds is 9. The molecule has 0 saturated heterocycles. The van der Waals surface area contributed by atoms with Gasteiger partial charge >= 0.3 is 5.97 Å². The zero-order valence-corrected chi connectivity index (χ0v) is 18.5. The van der Waals surface area contributed by atoms with Gasteiger partial charge in [-0.25, -0.2) is 26.7 Å². The summed E-state index contributed by atoms with van der Waals surface area (Å²) in [6.07, 6.45) is 2.18. The molecule has 33 heavy (non-hydrogen) atoms. The zero-order chi connectivity index (χ0) is 25.1. The summed E-state index contributed by atoms with van der Waals surface area (Å²) in [4.78, 5) is 23.2. The maximum absolute atomic E-state index is 14.7. The van der Waals surface area contributed by atoms with E-state index in [1.165, 1.54) is 6.26 Å². The summed E-state index contributed by atoms with van der Waals surface area (Å²) in [7, 11) is 0. The van der Waals surface area contributed by atoms with Gasteiger partial charge in [0.05, 0.1) is 5.69 Å². The third-order valence-electron chi connectivity index (χ3n) is 4.80. The van der Waals surface area contributed by atoms with E-state index in [1.54, 1.807) is 32.0 Å². The molecule has 0 heterocycles. The molecule has 0 spiro atoms. The van der Waals surface area contributed by atoms with E-state index in [0.717, 1.165) is 18.0 Å². The van der Waals surface area contributed by atoms with Gasteiger partial charge in [0.2, 0.25) is 5.82 Å². The topological polar surface area (TPSA) is 95.7 Å². The van der Waals surface area contributed by atoms with Crippen LogP contribution in [0.3, 0.4) is 0 Å². The smallest absolute Gasteiger partial charge is 0.335 e. The number of carbonyl (C=O) groups is 2. The van der Waals surface area contributed by atoms with E-state index >= 15 is 0 Å². The van der Waals surface area contributed by atoms with Crippen LogP contribution in [-0.2, 0) is 9.59 Å². The van der Waals surface area contributed by atoms with Gasteiger partial charge in [0.1, 0.15) is 5.69 Å². The lowest BCUT2D eigenvalue weighted by molar-refractivity contribution is -0.143. The minimum Gasteiger partial charge on any atom is -0.479 e. The molecule has 0 amide bonds. The van der Waals surface area contributed by atoms with E-state index in [4.69, 9.17) is 5.73 Å². The number of aldehydes is 1. The summed E-state index contributed by atoms with van der Waals surface area (Å²) in [6.45, 7) is 3.24. The minimum absolute atomic E-state index is 0.0902. The molecule has 0 bridgehead atoms. The molecule has 2 rings (SSSR count). The predicted molar refractivity (Wildman–Crippen MR) is 115 cm³/mol. The van der Waals surface area contributed by atoms with Crippen LogP contribution < -0.4 is 16.2 Å². The van der Waals surface area contributed by atoms with Gasteiger partial charge in [-0.3, -0.25) is 10.4 Å². The summed E-state index contributed by atoms with van der Waals surface area (Å²) in [6, 6.07) is 4.91. The van der Waals surface area contributed by atoms with Crippen molar-refractivity contribution in [3.63, 3.8) is 0 Å². The van der Waals surface area contributed by atoms with Gasteiger partial charge < -0.3 is 15.6 Å². The second kappa shape index (κ2) is 10.2. The van der Waals surface area contributed by atoms with Gasteiger partial charge in [0, 0.05) is 12.0 Å². The van der Waals surface area contributed by atoms with E-state index in [9.17, 15) is 36.6 Å². The van der Waals surface area contributed by atoms with Gasteiger partial charge in [0.15, 0.2) is 35.1 Å². The number of hydrazine groups is 1. The number of hydrogen-bond donors (Lipinski definition) is 3. The first-order valence-corrected chi connectivity index (χ1v) is 10.6. The molecule has 1 atom stereocenters. The molecular formula is C21H20F5N3O3S. The number of nitrogens with two attached hydrogens (primary N) is 1. The van der Waals surface area contributed by atoms with E-state index in [-0.39, 0.29) is 23.3 Å². The number of carboxylic acid groups (broad SMARTS) is 1. The average Bonchev–Trinajstić information content (AvgIpc) is 2.77. The number of hydrogen-bond acceptors (Lipinski definition) is 6. The number of benzene rings is 2. The fourth-order valence-corrected chi connectivity index (χ4v) is 3.53. The van der Waals surface area contributed by atoms with Crippen LogP contribution in [0.2, 0.25) is 0 Å². The summed E-state index contributed by atoms with van der Waals surface area (Å²) < 4.78 is 70.9. The Bertz CT molecular complexity index is 1080. The van der Waals surface area contributed by atoms with E-state index < -0.39 is 46.3 Å². The summed E-state index contributed by atoms with van der Waals surface area (Å²) >= 11 is 1.02. The molecule has 178 valence electrons. The third-order valence-corrected chi connectivity index (χ3v) is 5.40. The molecule has 0 aliphatic heterocycles. The van der Waals surface area contributed by atoms with Crippen molar-refractivity contribution in [2.45, 2.75) is 19.4 Å². The fourth-order valence-electron chi connectivity index (χ4n) is 2.91. The second-order valence-corrected chi connectivity index (χ2v) is 7.91. The molecule has 0 radical (unpaired) electrons. The van der Waals surface area contributed by atoms with Crippen molar-refractivity contribution >= 4 is 35.4 Å². The average molecular weight is 489 g/mol. The third kappa shape index (κ3) is 4.96. The molecule has 4 N–H and O–H groups in total. The molecule has 1 unspecified atom stereocenters. The monoisotopic (exact) mass is 489 g/mol. The van der Waals surface area contributed by atoms with Gasteiger partial charge in [-0.05, 0) is 36.8 Å². The van der Waals surface area contributed by atoms with Crippen LogP contribution in [0.1, 0.15) is 11.1 Å². The number of nitrogens with one attached hydrogen (secondary N) is 1. The fraction of sp³-hybridized carbons (Fsp3) is 0.238. The first kappa shape index (κ1) is 26.1. The highest BCUT2D eigenvalue weighted by atomic mass is 32.2. The van der Waals surface area contributed by atoms with Crippen molar-refractivity contribution in [1.29, 1.82) is 0 Å². The molecule has 0 aromatic heterocycles. The number of anilines is 2. The quantitative estimate of drug-likeness (QED) is 0.122. The molecule has 2 aromatic rings. The maximum Gasteiger partial charge on any atom is 0.335 e. The minimum atomic E-state index is -2.63. The summed E-state index contributed by atoms with van der Waals surface area (Å²) in [5.74, 6) is -13.1. The Kier molecular flexibility index (Phi) is 8.09. The number of halogens is 5. The first-order chi connectivity index (χ1) is 15.4. The molecule has 0 aliphatic rings. The Morgan fingerprint density at radius 3 is 2.00 bits per heavy atom. The van der Waals surface area contributed by atoms with Crippen LogP contribution in [-0.4, -0.2) is 34.9 Å². The number of aryl methyl sites for hydroxylation is 2. The number of carbonyl (C=O) groups excluding carboxylic acids is 1. The highest BCUT2D eigenvalue weighted by molar-refractivity contribution is 7.98. The van der Waals surface area contributed by atoms with Crippen LogP contribution in [0.25, 0.3) is 0 Å². The predicted octanol–water partition coefficient (Wildman–Crippen LogP) is 4.06. The molecule has 0 fully saturated rings. The highest BCUT2D eigenvalue weighted by Gasteiger charge is 2.39. The first-order valence-electron chi connectivity index (χ1n) is 9.22. The number of para-hydroxylation sites is 1. The Hall–Kier alpha value is -3.12. The van der Waals surface area contributed by atoms with Crippen LogP contribution in [0.4, 0.5) is 33.3 Å². The second-order valence-electron chi connectivity index (χ2n) is 7.05. The summed E-state index contributed by atoms with van der Waals surface area (Å²) in [5, 5.41) is 9.90. The van der Waals surface area contributed by atoms with E-state index in [0.29, 0.717) is 16.1 Å². The van der Waals surface area contributed by atoms with Gasteiger partial charge in [-0.15, -0.1) is 0 Å². The van der Waals surface area contributed by atoms with Crippen LogP contribution in [0, 0.1) is 42.9 Å². The lowest BCUT2D eigenvalue weighted by Crippen LogP contribution is -2.52. The lowest BCUT2D eigenvalue weighted by Gasteiger charge is -2.29. The molecule has 2 aromatic carbocycles. The van der Waals surface area contributed by atoms with Gasteiger partial charge in [-0.2, -0.15) is 11.8 Å². The van der Waals surface area contributed by atoms with Crippen molar-refractivity contribution in [1.82, 2.24) is 0 Å². The van der Waals surface area contributed by atoms with Crippen molar-refractivity contribution in [2.24, 2.45) is 5.73 Å².